The Morgan fingerprint density at radius 1 is 1.37 bits per heavy atom. The van der Waals surface area contributed by atoms with Gasteiger partial charge in [0.05, 0.1) is 17.7 Å². The van der Waals surface area contributed by atoms with Gasteiger partial charge in [0, 0.05) is 11.1 Å². The van der Waals surface area contributed by atoms with E-state index in [2.05, 4.69) is 17.2 Å². The quantitative estimate of drug-likeness (QED) is 0.521. The number of thiophene rings is 1. The Bertz CT molecular complexity index is 974. The first-order valence-electron chi connectivity index (χ1n) is 9.75. The number of pyridine rings is 1. The molecular weight excluding hydrogens is 428 g/mol. The van der Waals surface area contributed by atoms with Crippen LogP contribution in [0.1, 0.15) is 58.3 Å². The molecule has 0 saturated heterocycles. The number of nitrogens with one attached hydrogen (secondary N) is 1. The van der Waals surface area contributed by atoms with E-state index in [4.69, 9.17) is 21.1 Å². The molecule has 0 bridgehead atoms. The van der Waals surface area contributed by atoms with Crippen molar-refractivity contribution in [2.24, 2.45) is 5.92 Å². The number of carbonyl (C=O) groups excluding carboxylic acids is 3. The van der Waals surface area contributed by atoms with Crippen LogP contribution in [0.3, 0.4) is 0 Å². The Kier molecular flexibility index (Phi) is 7.10. The smallest absolute Gasteiger partial charge is 0.342 e. The normalized spacial score (nSPS) is 16.3. The molecule has 0 fully saturated rings. The molecule has 0 radical (unpaired) electrons. The zero-order valence-electron chi connectivity index (χ0n) is 17.0. The standard InChI is InChI=1S/C21H23ClN2O5S/c1-4-28-21(27)16-13-8-7-11(2)10-15(13)30-19(16)24-18(25)12(3)29-20(26)14-6-5-9-23-17(14)22/h5-6,9,11-12H,4,7-8,10H2,1-3H3,(H,24,25)/t11-,12-/m1/s1. The number of aromatic nitrogens is 1. The SMILES string of the molecule is CCOC(=O)c1c(NC(=O)[C@@H](C)OC(=O)c2cccnc2Cl)sc2c1CC[C@@H](C)C2. The van der Waals surface area contributed by atoms with Gasteiger partial charge in [-0.3, -0.25) is 4.79 Å². The number of rotatable bonds is 6. The Balaban J connectivity index is 1.78. The number of hydrogen-bond acceptors (Lipinski definition) is 7. The van der Waals surface area contributed by atoms with Gasteiger partial charge in [0.1, 0.15) is 10.2 Å². The predicted octanol–water partition coefficient (Wildman–Crippen LogP) is 4.28. The van der Waals surface area contributed by atoms with Crippen LogP contribution in [0, 0.1) is 5.92 Å². The topological polar surface area (TPSA) is 94.6 Å². The second kappa shape index (κ2) is 9.57. The highest BCUT2D eigenvalue weighted by Gasteiger charge is 2.30. The monoisotopic (exact) mass is 450 g/mol. The number of halogens is 1. The fourth-order valence-corrected chi connectivity index (χ4v) is 4.89. The fraction of sp³-hybridized carbons (Fsp3) is 0.429. The van der Waals surface area contributed by atoms with Gasteiger partial charge in [0.25, 0.3) is 5.91 Å². The summed E-state index contributed by atoms with van der Waals surface area (Å²) in [6.45, 7) is 5.60. The molecule has 160 valence electrons. The minimum atomic E-state index is -1.10. The first-order valence-corrected chi connectivity index (χ1v) is 10.9. The van der Waals surface area contributed by atoms with Crippen molar-refractivity contribution in [3.63, 3.8) is 0 Å². The second-order valence-corrected chi connectivity index (χ2v) is 8.62. The van der Waals surface area contributed by atoms with Crippen molar-refractivity contribution < 1.29 is 23.9 Å². The van der Waals surface area contributed by atoms with Crippen LogP contribution in [0.25, 0.3) is 0 Å². The fourth-order valence-electron chi connectivity index (χ4n) is 3.29. The Morgan fingerprint density at radius 3 is 2.83 bits per heavy atom. The third-order valence-corrected chi connectivity index (χ3v) is 6.33. The molecule has 0 aromatic carbocycles. The van der Waals surface area contributed by atoms with E-state index < -0.39 is 23.9 Å². The molecule has 7 nitrogen and oxygen atoms in total. The number of carbonyl (C=O) groups is 3. The van der Waals surface area contributed by atoms with Crippen LogP contribution in [0.5, 0.6) is 0 Å². The third kappa shape index (κ3) is 4.82. The molecule has 1 aliphatic carbocycles. The largest absolute Gasteiger partial charge is 0.462 e. The first-order chi connectivity index (χ1) is 14.3. The summed E-state index contributed by atoms with van der Waals surface area (Å²) in [5.74, 6) is -1.23. The van der Waals surface area contributed by atoms with Crippen molar-refractivity contribution in [2.45, 2.75) is 46.1 Å². The highest BCUT2D eigenvalue weighted by Crippen LogP contribution is 2.40. The van der Waals surface area contributed by atoms with Crippen molar-refractivity contribution in [3.8, 4) is 0 Å². The zero-order valence-corrected chi connectivity index (χ0v) is 18.6. The van der Waals surface area contributed by atoms with E-state index in [1.807, 2.05) is 0 Å². The van der Waals surface area contributed by atoms with Gasteiger partial charge in [-0.1, -0.05) is 18.5 Å². The summed E-state index contributed by atoms with van der Waals surface area (Å²) in [4.78, 5) is 42.4. The summed E-state index contributed by atoms with van der Waals surface area (Å²) in [6, 6.07) is 3.02. The Hall–Kier alpha value is -2.45. The van der Waals surface area contributed by atoms with E-state index in [1.165, 1.54) is 30.5 Å². The maximum atomic E-state index is 12.7. The third-order valence-electron chi connectivity index (χ3n) is 4.86. The number of ether oxygens (including phenoxy) is 2. The molecule has 2 aromatic heterocycles. The lowest BCUT2D eigenvalue weighted by Gasteiger charge is -2.18. The molecule has 2 heterocycles. The van der Waals surface area contributed by atoms with E-state index in [0.717, 1.165) is 29.7 Å². The van der Waals surface area contributed by atoms with Gasteiger partial charge in [0.2, 0.25) is 0 Å². The first kappa shape index (κ1) is 22.2. The average molecular weight is 451 g/mol. The van der Waals surface area contributed by atoms with E-state index in [0.29, 0.717) is 16.5 Å². The summed E-state index contributed by atoms with van der Waals surface area (Å²) < 4.78 is 10.4. The van der Waals surface area contributed by atoms with E-state index in [-0.39, 0.29) is 17.3 Å². The molecule has 9 heteroatoms. The summed E-state index contributed by atoms with van der Waals surface area (Å²) >= 11 is 7.28. The highest BCUT2D eigenvalue weighted by atomic mass is 35.5. The van der Waals surface area contributed by atoms with Gasteiger partial charge in [-0.2, -0.15) is 0 Å². The molecule has 0 spiro atoms. The highest BCUT2D eigenvalue weighted by molar-refractivity contribution is 7.17. The molecule has 0 unspecified atom stereocenters. The van der Waals surface area contributed by atoms with Crippen molar-refractivity contribution in [1.82, 2.24) is 4.98 Å². The number of amides is 1. The van der Waals surface area contributed by atoms with Crippen molar-refractivity contribution in [3.05, 3.63) is 45.1 Å². The van der Waals surface area contributed by atoms with Crippen molar-refractivity contribution >= 4 is 45.8 Å². The Morgan fingerprint density at radius 2 is 2.13 bits per heavy atom. The summed E-state index contributed by atoms with van der Waals surface area (Å²) in [5.41, 5.74) is 1.43. The number of esters is 2. The van der Waals surface area contributed by atoms with Crippen LogP contribution in [-0.2, 0) is 27.1 Å². The van der Waals surface area contributed by atoms with Gasteiger partial charge >= 0.3 is 11.9 Å². The van der Waals surface area contributed by atoms with Crippen molar-refractivity contribution in [1.29, 1.82) is 0 Å². The molecule has 0 aliphatic heterocycles. The van der Waals surface area contributed by atoms with Gasteiger partial charge < -0.3 is 14.8 Å². The number of fused-ring (bicyclic) bond motifs is 1. The summed E-state index contributed by atoms with van der Waals surface area (Å²) in [5, 5.41) is 3.18. The van der Waals surface area contributed by atoms with Crippen molar-refractivity contribution in [2.75, 3.05) is 11.9 Å². The van der Waals surface area contributed by atoms with E-state index >= 15 is 0 Å². The second-order valence-electron chi connectivity index (χ2n) is 7.15. The van der Waals surface area contributed by atoms with Crippen LogP contribution < -0.4 is 5.32 Å². The van der Waals surface area contributed by atoms with Gasteiger partial charge in [0.15, 0.2) is 6.10 Å². The number of anilines is 1. The minimum Gasteiger partial charge on any atom is -0.462 e. The minimum absolute atomic E-state index is 0.000225. The lowest BCUT2D eigenvalue weighted by Crippen LogP contribution is -2.30. The van der Waals surface area contributed by atoms with Crippen LogP contribution in [0.2, 0.25) is 5.15 Å². The lowest BCUT2D eigenvalue weighted by molar-refractivity contribution is -0.123. The predicted molar refractivity (Wildman–Crippen MR) is 114 cm³/mol. The molecular formula is C21H23ClN2O5S. The molecule has 3 rings (SSSR count). The van der Waals surface area contributed by atoms with E-state index in [9.17, 15) is 14.4 Å². The molecule has 2 aromatic rings. The van der Waals surface area contributed by atoms with Crippen LogP contribution in [-0.4, -0.2) is 35.5 Å². The zero-order chi connectivity index (χ0) is 21.8. The number of nitrogens with zero attached hydrogens (tertiary/aromatic N) is 1. The molecule has 1 aliphatic rings. The summed E-state index contributed by atoms with van der Waals surface area (Å²) in [7, 11) is 0. The maximum Gasteiger partial charge on any atom is 0.342 e. The molecule has 1 amide bonds. The summed E-state index contributed by atoms with van der Waals surface area (Å²) in [6.07, 6.45) is 2.95. The van der Waals surface area contributed by atoms with E-state index in [1.54, 1.807) is 13.0 Å². The molecule has 30 heavy (non-hydrogen) atoms. The van der Waals surface area contributed by atoms with Gasteiger partial charge in [-0.05, 0) is 56.7 Å². The molecule has 0 saturated carbocycles. The average Bonchev–Trinajstić information content (AvgIpc) is 3.05. The van der Waals surface area contributed by atoms with Gasteiger partial charge in [-0.15, -0.1) is 11.3 Å². The molecule has 2 atom stereocenters. The molecule has 1 N–H and O–H groups in total. The van der Waals surface area contributed by atoms with Crippen LogP contribution >= 0.6 is 22.9 Å². The van der Waals surface area contributed by atoms with Crippen LogP contribution in [0.15, 0.2) is 18.3 Å². The van der Waals surface area contributed by atoms with Gasteiger partial charge in [-0.25, -0.2) is 14.6 Å². The lowest BCUT2D eigenvalue weighted by atomic mass is 9.88. The Labute approximate surface area is 183 Å². The number of hydrogen-bond donors (Lipinski definition) is 1. The maximum absolute atomic E-state index is 12.7. The van der Waals surface area contributed by atoms with Crippen LogP contribution in [0.4, 0.5) is 5.00 Å².